The van der Waals surface area contributed by atoms with Crippen molar-refractivity contribution in [2.75, 3.05) is 5.84 Å². The lowest BCUT2D eigenvalue weighted by Gasteiger charge is -2.12. The molecule has 1 atom stereocenters. The molecule has 3 aromatic rings. The van der Waals surface area contributed by atoms with E-state index in [2.05, 4.69) is 4.98 Å². The molecule has 10 heteroatoms. The van der Waals surface area contributed by atoms with Crippen LogP contribution < -0.4 is 22.5 Å². The second-order valence-corrected chi connectivity index (χ2v) is 7.54. The first-order chi connectivity index (χ1) is 12.4. The number of primary amides is 1. The predicted molar refractivity (Wildman–Crippen MR) is 103 cm³/mol. The number of fused-ring (bicyclic) bond motifs is 1. The van der Waals surface area contributed by atoms with Crippen molar-refractivity contribution in [3.05, 3.63) is 46.1 Å². The van der Waals surface area contributed by atoms with Crippen molar-refractivity contribution < 1.29 is 9.59 Å². The van der Waals surface area contributed by atoms with E-state index in [4.69, 9.17) is 11.6 Å². The molecule has 26 heavy (non-hydrogen) atoms. The van der Waals surface area contributed by atoms with Gasteiger partial charge in [-0.3, -0.25) is 14.9 Å². The summed E-state index contributed by atoms with van der Waals surface area (Å²) in [6, 6.07) is 8.53. The highest BCUT2D eigenvalue weighted by Gasteiger charge is 2.21. The van der Waals surface area contributed by atoms with E-state index in [0.717, 1.165) is 27.6 Å². The number of nitrogen functional groups attached to an aromatic ring is 1. The topological polar surface area (TPSA) is 133 Å². The first kappa shape index (κ1) is 18.0. The molecule has 2 aromatic heterocycles. The number of rotatable bonds is 4. The van der Waals surface area contributed by atoms with E-state index < -0.39 is 22.7 Å². The Kier molecular flexibility index (Phi) is 4.96. The number of thiophene rings is 1. The minimum atomic E-state index is -0.943. The van der Waals surface area contributed by atoms with E-state index in [-0.39, 0.29) is 5.16 Å². The molecule has 0 aliphatic rings. The van der Waals surface area contributed by atoms with Crippen molar-refractivity contribution in [3.63, 3.8) is 0 Å². The summed E-state index contributed by atoms with van der Waals surface area (Å²) in [7, 11) is 0. The van der Waals surface area contributed by atoms with Crippen molar-refractivity contribution in [1.82, 2.24) is 15.0 Å². The van der Waals surface area contributed by atoms with Crippen LogP contribution in [0, 0.1) is 0 Å². The van der Waals surface area contributed by atoms with Crippen LogP contribution in [0.4, 0.5) is 4.79 Å². The molecule has 0 fully saturated rings. The summed E-state index contributed by atoms with van der Waals surface area (Å²) in [6.07, 6.45) is 0. The maximum absolute atomic E-state index is 12.8. The fraction of sp³-hybridized carbons (Fsp3) is 0.125. The average Bonchev–Trinajstić information content (AvgIpc) is 3.03. The zero-order valence-electron chi connectivity index (χ0n) is 13.6. The molecule has 1 aromatic carbocycles. The van der Waals surface area contributed by atoms with Gasteiger partial charge in [-0.25, -0.2) is 14.5 Å². The molecular formula is C16H15N5O3S2. The molecule has 0 bridgehead atoms. The Balaban J connectivity index is 2.00. The maximum atomic E-state index is 12.8. The molecule has 0 unspecified atom stereocenters. The van der Waals surface area contributed by atoms with Crippen LogP contribution in [-0.2, 0) is 4.79 Å². The first-order valence-electron chi connectivity index (χ1n) is 7.50. The van der Waals surface area contributed by atoms with Crippen LogP contribution in [-0.4, -0.2) is 26.8 Å². The fourth-order valence-corrected chi connectivity index (χ4v) is 4.15. The number of thioether (sulfide) groups is 1. The summed E-state index contributed by atoms with van der Waals surface area (Å²) < 4.78 is 0.917. The highest BCUT2D eigenvalue weighted by atomic mass is 32.2. The van der Waals surface area contributed by atoms with Gasteiger partial charge in [0.1, 0.15) is 4.83 Å². The Morgan fingerprint density at radius 2 is 2.00 bits per heavy atom. The standard InChI is InChI=1S/C16H15N5O3S2/c1-8(12(22)19-15(17)24)26-16-20-13-11(14(23)21(16)18)10(7-25-13)9-5-3-2-4-6-9/h2-8H,18H2,1H3,(H3,17,19,22,24)/t8-/m0/s1. The van der Waals surface area contributed by atoms with Crippen molar-refractivity contribution in [2.24, 2.45) is 5.73 Å². The van der Waals surface area contributed by atoms with Crippen LogP contribution in [0.2, 0.25) is 0 Å². The van der Waals surface area contributed by atoms with E-state index in [9.17, 15) is 14.4 Å². The molecule has 8 nitrogen and oxygen atoms in total. The highest BCUT2D eigenvalue weighted by Crippen LogP contribution is 2.32. The van der Waals surface area contributed by atoms with Crippen LogP contribution in [0.1, 0.15) is 6.92 Å². The van der Waals surface area contributed by atoms with Gasteiger partial charge in [0.2, 0.25) is 5.91 Å². The molecule has 3 amide bonds. The minimum absolute atomic E-state index is 0.177. The summed E-state index contributed by atoms with van der Waals surface area (Å²) in [5.41, 5.74) is 6.19. The third-order valence-electron chi connectivity index (χ3n) is 3.59. The largest absolute Gasteiger partial charge is 0.351 e. The second-order valence-electron chi connectivity index (χ2n) is 5.38. The second kappa shape index (κ2) is 7.18. The lowest BCUT2D eigenvalue weighted by atomic mass is 10.1. The zero-order valence-corrected chi connectivity index (χ0v) is 15.3. The number of nitrogens with one attached hydrogen (secondary N) is 1. The van der Waals surface area contributed by atoms with Crippen molar-refractivity contribution in [2.45, 2.75) is 17.3 Å². The molecule has 0 saturated heterocycles. The Bertz CT molecular complexity index is 1050. The minimum Gasteiger partial charge on any atom is -0.351 e. The van der Waals surface area contributed by atoms with Crippen LogP contribution in [0.3, 0.4) is 0 Å². The van der Waals surface area contributed by atoms with E-state index in [0.29, 0.717) is 10.2 Å². The Labute approximate surface area is 156 Å². The van der Waals surface area contributed by atoms with E-state index in [1.165, 1.54) is 11.3 Å². The molecule has 2 heterocycles. The Morgan fingerprint density at radius 1 is 1.31 bits per heavy atom. The number of carbonyl (C=O) groups is 2. The van der Waals surface area contributed by atoms with E-state index >= 15 is 0 Å². The van der Waals surface area contributed by atoms with Crippen LogP contribution >= 0.6 is 23.1 Å². The number of amides is 3. The van der Waals surface area contributed by atoms with Gasteiger partial charge in [0.25, 0.3) is 5.56 Å². The van der Waals surface area contributed by atoms with Gasteiger partial charge in [0.15, 0.2) is 5.16 Å². The quantitative estimate of drug-likeness (QED) is 0.352. The molecule has 0 aliphatic carbocycles. The van der Waals surface area contributed by atoms with Crippen LogP contribution in [0.5, 0.6) is 0 Å². The Morgan fingerprint density at radius 3 is 2.65 bits per heavy atom. The van der Waals surface area contributed by atoms with Gasteiger partial charge in [0.05, 0.1) is 10.6 Å². The number of benzene rings is 1. The summed E-state index contributed by atoms with van der Waals surface area (Å²) >= 11 is 2.29. The van der Waals surface area contributed by atoms with Crippen molar-refractivity contribution in [1.29, 1.82) is 0 Å². The number of nitrogens with zero attached hydrogens (tertiary/aromatic N) is 2. The number of urea groups is 1. The van der Waals surface area contributed by atoms with Gasteiger partial charge >= 0.3 is 6.03 Å². The molecule has 5 N–H and O–H groups in total. The average molecular weight is 389 g/mol. The van der Waals surface area contributed by atoms with Gasteiger partial charge in [-0.05, 0) is 12.5 Å². The van der Waals surface area contributed by atoms with Crippen molar-refractivity contribution >= 4 is 45.3 Å². The van der Waals surface area contributed by atoms with Gasteiger partial charge in [-0.15, -0.1) is 11.3 Å². The molecule has 0 aliphatic heterocycles. The molecule has 3 rings (SSSR count). The Hall–Kier alpha value is -2.85. The first-order valence-corrected chi connectivity index (χ1v) is 9.26. The normalized spacial score (nSPS) is 12.0. The highest BCUT2D eigenvalue weighted by molar-refractivity contribution is 8.00. The lowest BCUT2D eigenvalue weighted by Crippen LogP contribution is -2.40. The van der Waals surface area contributed by atoms with Gasteiger partial charge < -0.3 is 11.6 Å². The monoisotopic (exact) mass is 389 g/mol. The number of aromatic nitrogens is 2. The zero-order chi connectivity index (χ0) is 18.8. The third kappa shape index (κ3) is 3.41. The number of hydrogen-bond acceptors (Lipinski definition) is 7. The van der Waals surface area contributed by atoms with Crippen LogP contribution in [0.15, 0.2) is 45.7 Å². The number of imide groups is 1. The van der Waals surface area contributed by atoms with Crippen molar-refractivity contribution in [3.8, 4) is 11.1 Å². The summed E-state index contributed by atoms with van der Waals surface area (Å²) in [5, 5.41) is 3.74. The number of carbonyl (C=O) groups excluding carboxylic acids is 2. The number of hydrogen-bond donors (Lipinski definition) is 3. The third-order valence-corrected chi connectivity index (χ3v) is 5.53. The van der Waals surface area contributed by atoms with Crippen LogP contribution in [0.25, 0.3) is 21.3 Å². The van der Waals surface area contributed by atoms with Gasteiger partial charge in [-0.2, -0.15) is 0 Å². The fourth-order valence-electron chi connectivity index (χ4n) is 2.33. The maximum Gasteiger partial charge on any atom is 0.318 e. The van der Waals surface area contributed by atoms with E-state index in [1.807, 2.05) is 41.0 Å². The number of nitrogens with two attached hydrogens (primary N) is 2. The molecular weight excluding hydrogens is 374 g/mol. The predicted octanol–water partition coefficient (Wildman–Crippen LogP) is 1.51. The van der Waals surface area contributed by atoms with Gasteiger partial charge in [-0.1, -0.05) is 42.1 Å². The molecule has 134 valence electrons. The molecule has 0 saturated carbocycles. The summed E-state index contributed by atoms with van der Waals surface area (Å²) in [4.78, 5) is 40.3. The van der Waals surface area contributed by atoms with Gasteiger partial charge in [0, 0.05) is 10.9 Å². The van der Waals surface area contributed by atoms with E-state index in [1.54, 1.807) is 6.92 Å². The molecule has 0 spiro atoms. The lowest BCUT2D eigenvalue weighted by molar-refractivity contribution is -0.119. The molecule has 0 radical (unpaired) electrons. The smallest absolute Gasteiger partial charge is 0.318 e. The summed E-state index contributed by atoms with van der Waals surface area (Å²) in [6.45, 7) is 1.56. The summed E-state index contributed by atoms with van der Waals surface area (Å²) in [5.74, 6) is 5.32. The SMILES string of the molecule is C[C@H](Sc1nc2scc(-c3ccccc3)c2c(=O)n1N)C(=O)NC(N)=O.